The van der Waals surface area contributed by atoms with Crippen LogP contribution in [0.1, 0.15) is 52.4 Å². The quantitative estimate of drug-likeness (QED) is 0.313. The predicted molar refractivity (Wildman–Crippen MR) is 87.5 cm³/mol. The third kappa shape index (κ3) is 8.24. The molecule has 128 valence electrons. The molecule has 23 heavy (non-hydrogen) atoms. The molecule has 2 atom stereocenters. The van der Waals surface area contributed by atoms with Gasteiger partial charge in [-0.05, 0) is 25.0 Å². The zero-order valence-electron chi connectivity index (χ0n) is 14.0. The lowest BCUT2D eigenvalue weighted by Crippen LogP contribution is -2.28. The molecule has 5 nitrogen and oxygen atoms in total. The summed E-state index contributed by atoms with van der Waals surface area (Å²) in [7, 11) is 0. The molecule has 0 aromatic heterocycles. The third-order valence-corrected chi connectivity index (χ3v) is 3.49. The number of carbonyl (C=O) groups excluding carboxylic acids is 4. The molecule has 0 fully saturated rings. The minimum absolute atomic E-state index is 0.0204. The summed E-state index contributed by atoms with van der Waals surface area (Å²) in [6.45, 7) is 10.5. The first-order valence-electron chi connectivity index (χ1n) is 7.95. The number of hydrogen-bond acceptors (Lipinski definition) is 5. The maximum absolute atomic E-state index is 12.1. The average Bonchev–Trinajstić information content (AvgIpc) is 2.53. The molecule has 0 aliphatic rings. The van der Waals surface area contributed by atoms with Crippen molar-refractivity contribution in [1.29, 1.82) is 0 Å². The highest BCUT2D eigenvalue weighted by atomic mass is 16.6. The van der Waals surface area contributed by atoms with E-state index >= 15 is 0 Å². The molecule has 0 spiro atoms. The van der Waals surface area contributed by atoms with Crippen molar-refractivity contribution in [2.24, 2.45) is 11.8 Å². The van der Waals surface area contributed by atoms with Gasteiger partial charge in [0.1, 0.15) is 0 Å². The maximum atomic E-state index is 12.1. The Hall–Kier alpha value is -2.04. The summed E-state index contributed by atoms with van der Waals surface area (Å²) in [6, 6.07) is 0. The smallest absolute Gasteiger partial charge is 0.317 e. The lowest BCUT2D eigenvalue weighted by Gasteiger charge is -2.16. The molecule has 0 saturated heterocycles. The van der Waals surface area contributed by atoms with E-state index in [1.54, 1.807) is 0 Å². The van der Waals surface area contributed by atoms with Crippen LogP contribution in [0.2, 0.25) is 0 Å². The molecule has 0 bridgehead atoms. The summed E-state index contributed by atoms with van der Waals surface area (Å²) in [6.07, 6.45) is 4.55. The Kier molecular flexibility index (Phi) is 10.5. The van der Waals surface area contributed by atoms with Gasteiger partial charge in [-0.2, -0.15) is 0 Å². The minimum atomic E-state index is -0.709. The first-order chi connectivity index (χ1) is 10.9. The Bertz CT molecular complexity index is 422. The fourth-order valence-corrected chi connectivity index (χ4v) is 2.22. The van der Waals surface area contributed by atoms with Crippen LogP contribution in [0.3, 0.4) is 0 Å². The Morgan fingerprint density at radius 1 is 0.826 bits per heavy atom. The first-order valence-corrected chi connectivity index (χ1v) is 7.95. The van der Waals surface area contributed by atoms with Gasteiger partial charge in [-0.1, -0.05) is 39.8 Å². The molecule has 0 heterocycles. The van der Waals surface area contributed by atoms with Crippen LogP contribution in [0, 0.1) is 11.8 Å². The van der Waals surface area contributed by atoms with Gasteiger partial charge in [0.05, 0.1) is 11.8 Å². The van der Waals surface area contributed by atoms with Crippen LogP contribution < -0.4 is 0 Å². The Balaban J connectivity index is 4.86. The van der Waals surface area contributed by atoms with Gasteiger partial charge in [-0.25, -0.2) is 0 Å². The summed E-state index contributed by atoms with van der Waals surface area (Å²) >= 11 is 0. The number of allylic oxidation sites excluding steroid dienone is 2. The predicted octanol–water partition coefficient (Wildman–Crippen LogP) is 3.18. The average molecular weight is 322 g/mol. The molecule has 2 unspecified atom stereocenters. The second kappa shape index (κ2) is 11.5. The summed E-state index contributed by atoms with van der Waals surface area (Å²) in [5, 5.41) is 0. The minimum Gasteiger partial charge on any atom is -0.393 e. The number of rotatable bonds is 12. The van der Waals surface area contributed by atoms with Crippen LogP contribution in [-0.4, -0.2) is 23.5 Å². The molecule has 0 N–H and O–H groups in total. The van der Waals surface area contributed by atoms with Gasteiger partial charge in [-0.3, -0.25) is 19.2 Å². The highest BCUT2D eigenvalue weighted by Gasteiger charge is 2.28. The van der Waals surface area contributed by atoms with Gasteiger partial charge in [0.2, 0.25) is 0 Å². The van der Waals surface area contributed by atoms with E-state index in [0.717, 1.165) is 12.2 Å². The molecule has 0 radical (unpaired) electrons. The zero-order chi connectivity index (χ0) is 17.8. The van der Waals surface area contributed by atoms with E-state index in [1.807, 2.05) is 13.8 Å². The van der Waals surface area contributed by atoms with Crippen LogP contribution in [0.4, 0.5) is 0 Å². The van der Waals surface area contributed by atoms with E-state index in [9.17, 15) is 19.2 Å². The Morgan fingerprint density at radius 3 is 1.43 bits per heavy atom. The highest BCUT2D eigenvalue weighted by molar-refractivity contribution is 5.96. The van der Waals surface area contributed by atoms with Crippen LogP contribution in [-0.2, 0) is 23.9 Å². The van der Waals surface area contributed by atoms with E-state index in [0.29, 0.717) is 25.7 Å². The lowest BCUT2D eigenvalue weighted by molar-refractivity contribution is -0.167. The molecule has 0 rings (SSSR count). The normalized spacial score (nSPS) is 12.8. The van der Waals surface area contributed by atoms with Gasteiger partial charge in [-0.15, -0.1) is 0 Å². The van der Waals surface area contributed by atoms with Gasteiger partial charge in [0.25, 0.3) is 0 Å². The number of esters is 2. The van der Waals surface area contributed by atoms with Crippen LogP contribution in [0.5, 0.6) is 0 Å². The molecular formula is C18H26O5. The van der Waals surface area contributed by atoms with E-state index in [2.05, 4.69) is 13.2 Å². The van der Waals surface area contributed by atoms with Gasteiger partial charge >= 0.3 is 11.9 Å². The SMILES string of the molecule is C=CC(=O)CC(CCC)C(=O)OC(=O)C(CCC)CC(=O)C=C. The van der Waals surface area contributed by atoms with Crippen molar-refractivity contribution in [3.05, 3.63) is 25.3 Å². The van der Waals surface area contributed by atoms with Crippen molar-refractivity contribution >= 4 is 23.5 Å². The van der Waals surface area contributed by atoms with Gasteiger partial charge in [0, 0.05) is 12.8 Å². The Labute approximate surface area is 137 Å². The molecule has 0 aromatic carbocycles. The van der Waals surface area contributed by atoms with Crippen molar-refractivity contribution in [1.82, 2.24) is 0 Å². The summed E-state index contributed by atoms with van der Waals surface area (Å²) < 4.78 is 4.92. The molecular weight excluding hydrogens is 296 g/mol. The van der Waals surface area contributed by atoms with E-state index in [4.69, 9.17) is 4.74 Å². The molecule has 0 saturated carbocycles. The van der Waals surface area contributed by atoms with Crippen molar-refractivity contribution in [3.8, 4) is 0 Å². The second-order valence-electron chi connectivity index (χ2n) is 5.46. The van der Waals surface area contributed by atoms with E-state index in [1.165, 1.54) is 0 Å². The summed E-state index contributed by atoms with van der Waals surface area (Å²) in [5.74, 6) is -3.27. The monoisotopic (exact) mass is 322 g/mol. The fourth-order valence-electron chi connectivity index (χ4n) is 2.22. The van der Waals surface area contributed by atoms with Gasteiger partial charge in [0.15, 0.2) is 11.6 Å². The van der Waals surface area contributed by atoms with Crippen LogP contribution in [0.25, 0.3) is 0 Å². The highest BCUT2D eigenvalue weighted by Crippen LogP contribution is 2.19. The standard InChI is InChI=1S/C18H26O5/c1-5-9-13(11-15(19)7-3)17(21)23-18(22)14(10-6-2)12-16(20)8-4/h7-8,13-14H,3-6,9-12H2,1-2H3. The zero-order valence-corrected chi connectivity index (χ0v) is 14.0. The topological polar surface area (TPSA) is 77.5 Å². The van der Waals surface area contributed by atoms with Crippen molar-refractivity contribution in [2.45, 2.75) is 52.4 Å². The summed E-state index contributed by atoms with van der Waals surface area (Å²) in [5.41, 5.74) is 0. The molecule has 5 heteroatoms. The first kappa shape index (κ1) is 21.0. The third-order valence-electron chi connectivity index (χ3n) is 3.49. The summed E-state index contributed by atoms with van der Waals surface area (Å²) in [4.78, 5) is 47.1. The number of hydrogen-bond donors (Lipinski definition) is 0. The molecule has 0 aliphatic heterocycles. The van der Waals surface area contributed by atoms with E-state index in [-0.39, 0.29) is 24.4 Å². The van der Waals surface area contributed by atoms with Crippen molar-refractivity contribution in [2.75, 3.05) is 0 Å². The van der Waals surface area contributed by atoms with E-state index < -0.39 is 23.8 Å². The largest absolute Gasteiger partial charge is 0.393 e. The fraction of sp³-hybridized carbons (Fsp3) is 0.556. The molecule has 0 aromatic rings. The van der Waals surface area contributed by atoms with Gasteiger partial charge < -0.3 is 4.74 Å². The number of ether oxygens (including phenoxy) is 1. The van der Waals surface area contributed by atoms with Crippen LogP contribution >= 0.6 is 0 Å². The number of carbonyl (C=O) groups is 4. The maximum Gasteiger partial charge on any atom is 0.317 e. The Morgan fingerprint density at radius 2 is 1.17 bits per heavy atom. The lowest BCUT2D eigenvalue weighted by atomic mass is 9.96. The van der Waals surface area contributed by atoms with Crippen molar-refractivity contribution in [3.63, 3.8) is 0 Å². The van der Waals surface area contributed by atoms with Crippen molar-refractivity contribution < 1.29 is 23.9 Å². The number of ketones is 2. The molecule has 0 amide bonds. The second-order valence-corrected chi connectivity index (χ2v) is 5.46. The van der Waals surface area contributed by atoms with Crippen LogP contribution in [0.15, 0.2) is 25.3 Å². The molecule has 0 aliphatic carbocycles.